The second kappa shape index (κ2) is 7.79. The molecule has 0 saturated heterocycles. The van der Waals surface area contributed by atoms with E-state index in [0.717, 1.165) is 37.1 Å². The maximum Gasteiger partial charge on any atom is 0.261 e. The first-order valence-electron chi connectivity index (χ1n) is 8.58. The van der Waals surface area contributed by atoms with Crippen LogP contribution in [0.15, 0.2) is 23.0 Å². The van der Waals surface area contributed by atoms with E-state index in [1.165, 1.54) is 0 Å². The molecule has 5 nitrogen and oxygen atoms in total. The Kier molecular flexibility index (Phi) is 5.99. The molecule has 0 amide bonds. The van der Waals surface area contributed by atoms with Crippen LogP contribution < -0.4 is 15.6 Å². The molecule has 1 aromatic heterocycles. The molecule has 1 N–H and O–H groups in total. The van der Waals surface area contributed by atoms with Gasteiger partial charge < -0.3 is 10.1 Å². The van der Waals surface area contributed by atoms with Crippen LogP contribution in [-0.2, 0) is 13.0 Å². The average Bonchev–Trinajstić information content (AvgIpc) is 2.53. The van der Waals surface area contributed by atoms with E-state index < -0.39 is 0 Å². The van der Waals surface area contributed by atoms with Crippen LogP contribution in [0.2, 0.25) is 0 Å². The summed E-state index contributed by atoms with van der Waals surface area (Å²) in [5.41, 5.74) is 0.782. The standard InChI is InChI=1S/C19H29N3O2/c1-19(2,3)13-22-17(8-6-7-11-20-4)21-16-10-9-14(24-5)12-15(16)18(22)23/h9-10,12,20H,6-8,11,13H2,1-5H3. The van der Waals surface area contributed by atoms with E-state index in [1.807, 2.05) is 23.7 Å². The molecule has 2 rings (SSSR count). The quantitative estimate of drug-likeness (QED) is 0.793. The maximum absolute atomic E-state index is 13.0. The van der Waals surface area contributed by atoms with E-state index in [1.54, 1.807) is 13.2 Å². The third-order valence-corrected chi connectivity index (χ3v) is 3.95. The number of nitrogens with zero attached hydrogens (tertiary/aromatic N) is 2. The predicted octanol–water partition coefficient (Wildman–Crippen LogP) is 2.99. The van der Waals surface area contributed by atoms with Crippen LogP contribution in [-0.4, -0.2) is 30.3 Å². The molecule has 0 spiro atoms. The lowest BCUT2D eigenvalue weighted by Gasteiger charge is -2.22. The fourth-order valence-corrected chi connectivity index (χ4v) is 2.79. The van der Waals surface area contributed by atoms with E-state index >= 15 is 0 Å². The van der Waals surface area contributed by atoms with Gasteiger partial charge in [-0.05, 0) is 50.0 Å². The van der Waals surface area contributed by atoms with Crippen LogP contribution in [0, 0.1) is 5.41 Å². The van der Waals surface area contributed by atoms with E-state index in [2.05, 4.69) is 26.1 Å². The van der Waals surface area contributed by atoms with E-state index in [4.69, 9.17) is 9.72 Å². The van der Waals surface area contributed by atoms with Crippen LogP contribution in [0.3, 0.4) is 0 Å². The molecule has 0 aliphatic heterocycles. The van der Waals surface area contributed by atoms with Crippen LogP contribution >= 0.6 is 0 Å². The first-order chi connectivity index (χ1) is 11.4. The summed E-state index contributed by atoms with van der Waals surface area (Å²) < 4.78 is 7.11. The lowest BCUT2D eigenvalue weighted by Crippen LogP contribution is -2.30. The van der Waals surface area contributed by atoms with E-state index in [0.29, 0.717) is 17.7 Å². The zero-order chi connectivity index (χ0) is 17.7. The van der Waals surface area contributed by atoms with E-state index in [9.17, 15) is 4.79 Å². The summed E-state index contributed by atoms with van der Waals surface area (Å²) in [6, 6.07) is 5.51. The highest BCUT2D eigenvalue weighted by atomic mass is 16.5. The summed E-state index contributed by atoms with van der Waals surface area (Å²) in [6.07, 6.45) is 2.90. The number of benzene rings is 1. The molecule has 1 heterocycles. The predicted molar refractivity (Wildman–Crippen MR) is 98.9 cm³/mol. The van der Waals surface area contributed by atoms with E-state index in [-0.39, 0.29) is 11.0 Å². The molecule has 0 atom stereocenters. The zero-order valence-corrected chi connectivity index (χ0v) is 15.5. The summed E-state index contributed by atoms with van der Waals surface area (Å²) in [4.78, 5) is 17.8. The minimum atomic E-state index is 0.0117. The smallest absolute Gasteiger partial charge is 0.261 e. The minimum absolute atomic E-state index is 0.0117. The van der Waals surface area contributed by atoms with Gasteiger partial charge in [-0.15, -0.1) is 0 Å². The first kappa shape index (κ1) is 18.5. The molecule has 0 unspecified atom stereocenters. The van der Waals surface area contributed by atoms with Crippen molar-refractivity contribution in [2.45, 2.75) is 46.6 Å². The summed E-state index contributed by atoms with van der Waals surface area (Å²) in [5, 5.41) is 3.78. The number of aromatic nitrogens is 2. The normalized spacial score (nSPS) is 11.9. The van der Waals surface area contributed by atoms with Crippen molar-refractivity contribution < 1.29 is 4.74 Å². The Morgan fingerprint density at radius 2 is 2.00 bits per heavy atom. The molecule has 0 aliphatic carbocycles. The van der Waals surface area contributed by atoms with Crippen molar-refractivity contribution in [2.24, 2.45) is 5.41 Å². The molecule has 1 aromatic carbocycles. The van der Waals surface area contributed by atoms with Crippen molar-refractivity contribution in [3.05, 3.63) is 34.4 Å². The highest BCUT2D eigenvalue weighted by molar-refractivity contribution is 5.79. The monoisotopic (exact) mass is 331 g/mol. The van der Waals surface area contributed by atoms with Crippen LogP contribution in [0.5, 0.6) is 5.75 Å². The largest absolute Gasteiger partial charge is 0.497 e. The lowest BCUT2D eigenvalue weighted by atomic mass is 9.96. The third kappa shape index (κ3) is 4.57. The number of nitrogens with one attached hydrogen (secondary N) is 1. The van der Waals surface area contributed by atoms with Gasteiger partial charge in [-0.2, -0.15) is 0 Å². The van der Waals surface area contributed by atoms with Gasteiger partial charge in [-0.3, -0.25) is 9.36 Å². The summed E-state index contributed by atoms with van der Waals surface area (Å²) in [7, 11) is 3.57. The Balaban J connectivity index is 2.48. The number of methoxy groups -OCH3 is 1. The number of aryl methyl sites for hydroxylation is 1. The molecule has 0 bridgehead atoms. The number of unbranched alkanes of at least 4 members (excludes halogenated alkanes) is 1. The van der Waals surface area contributed by atoms with Gasteiger partial charge in [-0.25, -0.2) is 4.98 Å². The second-order valence-electron chi connectivity index (χ2n) is 7.42. The number of ether oxygens (including phenoxy) is 1. The highest BCUT2D eigenvalue weighted by Gasteiger charge is 2.18. The molecule has 2 aromatic rings. The Morgan fingerprint density at radius 1 is 1.25 bits per heavy atom. The molecule has 0 saturated carbocycles. The second-order valence-corrected chi connectivity index (χ2v) is 7.42. The molecule has 5 heteroatoms. The highest BCUT2D eigenvalue weighted by Crippen LogP contribution is 2.20. The average molecular weight is 331 g/mol. The van der Waals surface area contributed by atoms with Crippen molar-refractivity contribution in [3.8, 4) is 5.75 Å². The minimum Gasteiger partial charge on any atom is -0.497 e. The number of rotatable bonds is 7. The van der Waals surface area contributed by atoms with Gasteiger partial charge in [0.1, 0.15) is 11.6 Å². The number of fused-ring (bicyclic) bond motifs is 1. The zero-order valence-electron chi connectivity index (χ0n) is 15.5. The Bertz CT molecular complexity index is 745. The van der Waals surface area contributed by atoms with Crippen molar-refractivity contribution in [2.75, 3.05) is 20.7 Å². The Morgan fingerprint density at radius 3 is 2.62 bits per heavy atom. The van der Waals surface area contributed by atoms with Crippen LogP contribution in [0.1, 0.15) is 39.4 Å². The number of hydrogen-bond acceptors (Lipinski definition) is 4. The molecule has 132 valence electrons. The lowest BCUT2D eigenvalue weighted by molar-refractivity contribution is 0.330. The molecule has 24 heavy (non-hydrogen) atoms. The van der Waals surface area contributed by atoms with Gasteiger partial charge in [0.2, 0.25) is 0 Å². The molecule has 0 radical (unpaired) electrons. The maximum atomic E-state index is 13.0. The van der Waals surface area contributed by atoms with Gasteiger partial charge in [0.05, 0.1) is 18.0 Å². The summed E-state index contributed by atoms with van der Waals surface area (Å²) in [5.74, 6) is 1.56. The van der Waals surface area contributed by atoms with Gasteiger partial charge >= 0.3 is 0 Å². The van der Waals surface area contributed by atoms with Crippen molar-refractivity contribution >= 4 is 10.9 Å². The van der Waals surface area contributed by atoms with Crippen molar-refractivity contribution in [3.63, 3.8) is 0 Å². The molecule has 0 fully saturated rings. The fraction of sp³-hybridized carbons (Fsp3) is 0.579. The van der Waals surface area contributed by atoms with Gasteiger partial charge in [0, 0.05) is 13.0 Å². The number of hydrogen-bond donors (Lipinski definition) is 1. The third-order valence-electron chi connectivity index (χ3n) is 3.95. The van der Waals surface area contributed by atoms with Gasteiger partial charge in [0.25, 0.3) is 5.56 Å². The van der Waals surface area contributed by atoms with Crippen molar-refractivity contribution in [1.82, 2.24) is 14.9 Å². The SMILES string of the molecule is CNCCCCc1nc2ccc(OC)cc2c(=O)n1CC(C)(C)C. The van der Waals surface area contributed by atoms with Crippen LogP contribution in [0.4, 0.5) is 0 Å². The van der Waals surface area contributed by atoms with Crippen LogP contribution in [0.25, 0.3) is 10.9 Å². The molecule has 0 aliphatic rings. The van der Waals surface area contributed by atoms with Crippen molar-refractivity contribution in [1.29, 1.82) is 0 Å². The molecular weight excluding hydrogens is 302 g/mol. The first-order valence-corrected chi connectivity index (χ1v) is 8.58. The topological polar surface area (TPSA) is 56.2 Å². The Hall–Kier alpha value is -1.88. The Labute approximate surface area is 144 Å². The fourth-order valence-electron chi connectivity index (χ4n) is 2.79. The van der Waals surface area contributed by atoms with Gasteiger partial charge in [0.15, 0.2) is 0 Å². The summed E-state index contributed by atoms with van der Waals surface area (Å²) >= 11 is 0. The summed E-state index contributed by atoms with van der Waals surface area (Å²) in [6.45, 7) is 8.06. The molecular formula is C19H29N3O2. The van der Waals surface area contributed by atoms with Gasteiger partial charge in [-0.1, -0.05) is 20.8 Å².